The van der Waals surface area contributed by atoms with E-state index in [0.29, 0.717) is 6.54 Å². The molecule has 1 aliphatic rings. The van der Waals surface area contributed by atoms with E-state index in [1.165, 1.54) is 0 Å². The molecule has 0 aliphatic carbocycles. The zero-order valence-corrected chi connectivity index (χ0v) is 11.3. The smallest absolute Gasteiger partial charge is 0.141 e. The molecule has 18 heavy (non-hydrogen) atoms. The van der Waals surface area contributed by atoms with Crippen molar-refractivity contribution in [3.8, 4) is 17.1 Å². The van der Waals surface area contributed by atoms with Gasteiger partial charge in [0.05, 0.1) is 18.3 Å². The molecular weight excluding hydrogens is 296 g/mol. The number of aromatic nitrogens is 2. The van der Waals surface area contributed by atoms with Crippen LogP contribution in [-0.2, 0) is 13.0 Å². The van der Waals surface area contributed by atoms with Gasteiger partial charge in [0.2, 0.25) is 0 Å². The van der Waals surface area contributed by atoms with Crippen LogP contribution < -0.4 is 0 Å². The van der Waals surface area contributed by atoms with Crippen LogP contribution in [0.25, 0.3) is 11.4 Å². The van der Waals surface area contributed by atoms with Crippen LogP contribution in [0.5, 0.6) is 5.75 Å². The van der Waals surface area contributed by atoms with Gasteiger partial charge in [0.15, 0.2) is 0 Å². The van der Waals surface area contributed by atoms with Gasteiger partial charge >= 0.3 is 0 Å². The first-order chi connectivity index (χ1) is 8.65. The van der Waals surface area contributed by atoms with E-state index >= 15 is 0 Å². The van der Waals surface area contributed by atoms with E-state index in [2.05, 4.69) is 20.9 Å². The van der Waals surface area contributed by atoms with Crippen LogP contribution in [-0.4, -0.2) is 25.9 Å². The number of phenolic OH excluding ortho intramolecular Hbond substituents is 1. The van der Waals surface area contributed by atoms with Gasteiger partial charge in [-0.2, -0.15) is 0 Å². The second kappa shape index (κ2) is 4.40. The molecule has 1 aromatic carbocycles. The summed E-state index contributed by atoms with van der Waals surface area (Å²) in [6.45, 7) is 0.554. The Morgan fingerprint density at radius 1 is 1.39 bits per heavy atom. The van der Waals surface area contributed by atoms with Crippen molar-refractivity contribution >= 4 is 15.9 Å². The molecule has 0 saturated heterocycles. The lowest BCUT2D eigenvalue weighted by molar-refractivity contribution is 0.132. The summed E-state index contributed by atoms with van der Waals surface area (Å²) in [5.41, 5.74) is 1.97. The normalized spacial score (nSPS) is 18.7. The molecule has 0 amide bonds. The van der Waals surface area contributed by atoms with Gasteiger partial charge in [0.25, 0.3) is 0 Å². The Hall–Kier alpha value is -1.33. The lowest BCUT2D eigenvalue weighted by Crippen LogP contribution is -2.24. The number of halogens is 1. The molecule has 3 rings (SSSR count). The van der Waals surface area contributed by atoms with Crippen LogP contribution >= 0.6 is 15.9 Å². The number of aliphatic hydroxyl groups excluding tert-OH is 1. The Morgan fingerprint density at radius 2 is 2.22 bits per heavy atom. The van der Waals surface area contributed by atoms with Crippen molar-refractivity contribution in [1.29, 1.82) is 0 Å². The summed E-state index contributed by atoms with van der Waals surface area (Å²) in [5.74, 6) is 1.00. The van der Waals surface area contributed by atoms with E-state index in [1.807, 2.05) is 10.6 Å². The molecule has 1 atom stereocenters. The summed E-state index contributed by atoms with van der Waals surface area (Å²) in [4.78, 5) is 4.50. The molecule has 1 aliphatic heterocycles. The monoisotopic (exact) mass is 308 g/mol. The molecule has 4 nitrogen and oxygen atoms in total. The van der Waals surface area contributed by atoms with Gasteiger partial charge in [0.1, 0.15) is 16.2 Å². The fourth-order valence-electron chi connectivity index (χ4n) is 2.36. The van der Waals surface area contributed by atoms with Gasteiger partial charge in [0, 0.05) is 5.56 Å². The summed E-state index contributed by atoms with van der Waals surface area (Å²) >= 11 is 3.46. The van der Waals surface area contributed by atoms with Crippen LogP contribution in [0.1, 0.15) is 12.1 Å². The fourth-order valence-corrected chi connectivity index (χ4v) is 2.94. The van der Waals surface area contributed by atoms with Crippen molar-refractivity contribution in [2.75, 3.05) is 0 Å². The molecule has 0 radical (unpaired) electrons. The molecule has 2 aromatic rings. The number of hydrogen-bond acceptors (Lipinski definition) is 3. The maximum Gasteiger partial charge on any atom is 0.141 e. The zero-order chi connectivity index (χ0) is 12.7. The number of hydrogen-bond donors (Lipinski definition) is 2. The first-order valence-electron chi connectivity index (χ1n) is 5.87. The zero-order valence-electron chi connectivity index (χ0n) is 9.67. The SMILES string of the molecule is Oc1cccc(-c2nc(Br)c3n2CC(O)CC3)c1. The van der Waals surface area contributed by atoms with E-state index < -0.39 is 0 Å². The van der Waals surface area contributed by atoms with Crippen molar-refractivity contribution < 1.29 is 10.2 Å². The number of benzene rings is 1. The first-order valence-corrected chi connectivity index (χ1v) is 6.67. The van der Waals surface area contributed by atoms with Crippen molar-refractivity contribution in [3.63, 3.8) is 0 Å². The molecule has 0 fully saturated rings. The largest absolute Gasteiger partial charge is 0.508 e. The summed E-state index contributed by atoms with van der Waals surface area (Å²) < 4.78 is 2.85. The summed E-state index contributed by atoms with van der Waals surface area (Å²) in [7, 11) is 0. The average molecular weight is 309 g/mol. The van der Waals surface area contributed by atoms with Crippen LogP contribution in [0, 0.1) is 0 Å². The third kappa shape index (κ3) is 1.93. The number of phenols is 1. The Balaban J connectivity index is 2.13. The maximum absolute atomic E-state index is 9.78. The second-order valence-electron chi connectivity index (χ2n) is 4.53. The van der Waals surface area contributed by atoms with Crippen LogP contribution in [0.15, 0.2) is 28.9 Å². The Labute approximate surface area is 113 Å². The molecule has 2 heterocycles. The molecule has 94 valence electrons. The van der Waals surface area contributed by atoms with E-state index in [1.54, 1.807) is 18.2 Å². The fraction of sp³-hybridized carbons (Fsp3) is 0.308. The summed E-state index contributed by atoms with van der Waals surface area (Å²) in [6.07, 6.45) is 1.26. The van der Waals surface area contributed by atoms with Crippen molar-refractivity contribution in [2.45, 2.75) is 25.5 Å². The highest BCUT2D eigenvalue weighted by Gasteiger charge is 2.23. The number of imidazole rings is 1. The third-order valence-corrected chi connectivity index (χ3v) is 3.87. The number of aliphatic hydroxyl groups is 1. The summed E-state index contributed by atoms with van der Waals surface area (Å²) in [5, 5.41) is 19.3. The number of rotatable bonds is 1. The standard InChI is InChI=1S/C13H13BrN2O2/c14-12-11-5-4-10(18)7-16(11)13(15-12)8-2-1-3-9(17)6-8/h1-3,6,10,17-18H,4-5,7H2. The highest BCUT2D eigenvalue weighted by molar-refractivity contribution is 9.10. The van der Waals surface area contributed by atoms with Gasteiger partial charge in [-0.3, -0.25) is 0 Å². The molecular formula is C13H13BrN2O2. The highest BCUT2D eigenvalue weighted by atomic mass is 79.9. The minimum Gasteiger partial charge on any atom is -0.508 e. The number of nitrogens with zero attached hydrogens (tertiary/aromatic N) is 2. The number of aromatic hydroxyl groups is 1. The van der Waals surface area contributed by atoms with Crippen molar-refractivity contribution in [3.05, 3.63) is 34.6 Å². The lowest BCUT2D eigenvalue weighted by atomic mass is 10.1. The molecule has 2 N–H and O–H groups in total. The van der Waals surface area contributed by atoms with Gasteiger partial charge in [-0.25, -0.2) is 4.98 Å². The molecule has 5 heteroatoms. The van der Waals surface area contributed by atoms with Gasteiger partial charge in [-0.1, -0.05) is 12.1 Å². The van der Waals surface area contributed by atoms with Crippen molar-refractivity contribution in [2.24, 2.45) is 0 Å². The topological polar surface area (TPSA) is 58.3 Å². The molecule has 0 spiro atoms. The van der Waals surface area contributed by atoms with Gasteiger partial charge in [-0.15, -0.1) is 0 Å². The van der Waals surface area contributed by atoms with Gasteiger partial charge in [-0.05, 0) is 40.9 Å². The quantitative estimate of drug-likeness (QED) is 0.850. The predicted molar refractivity (Wildman–Crippen MR) is 71.4 cm³/mol. The van der Waals surface area contributed by atoms with Crippen molar-refractivity contribution in [1.82, 2.24) is 9.55 Å². The minimum absolute atomic E-state index is 0.220. The molecule has 1 unspecified atom stereocenters. The van der Waals surface area contributed by atoms with Crippen LogP contribution in [0.3, 0.4) is 0 Å². The third-order valence-electron chi connectivity index (χ3n) is 3.24. The predicted octanol–water partition coefficient (Wildman–Crippen LogP) is 2.33. The number of fused-ring (bicyclic) bond motifs is 1. The molecule has 1 aromatic heterocycles. The second-order valence-corrected chi connectivity index (χ2v) is 5.28. The lowest BCUT2D eigenvalue weighted by Gasteiger charge is -2.21. The Bertz CT molecular complexity index is 595. The van der Waals surface area contributed by atoms with Crippen LogP contribution in [0.2, 0.25) is 0 Å². The summed E-state index contributed by atoms with van der Waals surface area (Å²) in [6, 6.07) is 7.01. The average Bonchev–Trinajstić information content (AvgIpc) is 2.66. The van der Waals surface area contributed by atoms with Crippen LogP contribution in [0.4, 0.5) is 0 Å². The Kier molecular flexibility index (Phi) is 2.87. The first kappa shape index (κ1) is 11.7. The van der Waals surface area contributed by atoms with E-state index in [9.17, 15) is 10.2 Å². The molecule has 0 bridgehead atoms. The van der Waals surface area contributed by atoms with Gasteiger partial charge < -0.3 is 14.8 Å². The van der Waals surface area contributed by atoms with E-state index in [0.717, 1.165) is 34.5 Å². The van der Waals surface area contributed by atoms with E-state index in [4.69, 9.17) is 0 Å². The highest BCUT2D eigenvalue weighted by Crippen LogP contribution is 2.31. The molecule has 0 saturated carbocycles. The Morgan fingerprint density at radius 3 is 3.00 bits per heavy atom. The maximum atomic E-state index is 9.78. The minimum atomic E-state index is -0.324. The van der Waals surface area contributed by atoms with E-state index in [-0.39, 0.29) is 11.9 Å².